The molecule has 0 radical (unpaired) electrons. The van der Waals surface area contributed by atoms with Crippen molar-refractivity contribution in [2.75, 3.05) is 16.2 Å². The van der Waals surface area contributed by atoms with Crippen molar-refractivity contribution in [3.63, 3.8) is 0 Å². The van der Waals surface area contributed by atoms with E-state index in [0.717, 1.165) is 10.2 Å². The lowest BCUT2D eigenvalue weighted by molar-refractivity contribution is 0.102. The number of hydrogen-bond acceptors (Lipinski definition) is 5. The van der Waals surface area contributed by atoms with Gasteiger partial charge >= 0.3 is 0 Å². The summed E-state index contributed by atoms with van der Waals surface area (Å²) < 4.78 is 28.8. The van der Waals surface area contributed by atoms with E-state index < -0.39 is 15.9 Å². The Morgan fingerprint density at radius 2 is 1.77 bits per heavy atom. The summed E-state index contributed by atoms with van der Waals surface area (Å²) >= 11 is 1.36. The summed E-state index contributed by atoms with van der Waals surface area (Å²) in [6.45, 7) is 3.77. The van der Waals surface area contributed by atoms with Crippen LogP contribution < -0.4 is 9.62 Å². The minimum absolute atomic E-state index is 0.0233. The Balaban J connectivity index is 1.63. The molecule has 1 aromatic heterocycles. The van der Waals surface area contributed by atoms with Crippen LogP contribution in [0.4, 0.5) is 10.8 Å². The molecule has 0 aliphatic rings. The van der Waals surface area contributed by atoms with Crippen molar-refractivity contribution in [3.8, 4) is 0 Å². The van der Waals surface area contributed by atoms with Crippen LogP contribution in [-0.4, -0.2) is 25.9 Å². The standard InChI is InChI=1S/C23H19N3O3S2/c1-2-15-26(18-10-4-3-5-11-18)31(28,29)19-12-8-9-17(16-19)22(27)25-23-24-20-13-6-7-14-21(20)30-23/h2-14,16H,1,15H2,(H,24,25,27). The van der Waals surface area contributed by atoms with Gasteiger partial charge in [-0.2, -0.15) is 0 Å². The number of nitrogens with one attached hydrogen (secondary N) is 1. The van der Waals surface area contributed by atoms with E-state index in [2.05, 4.69) is 16.9 Å². The number of rotatable bonds is 7. The highest BCUT2D eigenvalue weighted by molar-refractivity contribution is 7.92. The van der Waals surface area contributed by atoms with Gasteiger partial charge in [-0.1, -0.05) is 53.8 Å². The van der Waals surface area contributed by atoms with Crippen molar-refractivity contribution in [2.45, 2.75) is 4.90 Å². The summed E-state index contributed by atoms with van der Waals surface area (Å²) in [5, 5.41) is 3.21. The maximum absolute atomic E-state index is 13.3. The van der Waals surface area contributed by atoms with Crippen LogP contribution in [-0.2, 0) is 10.0 Å². The molecule has 0 aliphatic carbocycles. The molecule has 3 aromatic carbocycles. The number of carbonyl (C=O) groups is 1. The van der Waals surface area contributed by atoms with E-state index >= 15 is 0 Å². The second-order valence-corrected chi connectivity index (χ2v) is 9.52. The molecule has 31 heavy (non-hydrogen) atoms. The Hall–Kier alpha value is -3.49. The Kier molecular flexibility index (Phi) is 5.83. The smallest absolute Gasteiger partial charge is 0.264 e. The predicted octanol–water partition coefficient (Wildman–Crippen LogP) is 4.93. The third-order valence-corrected chi connectivity index (χ3v) is 7.28. The number of nitrogens with zero attached hydrogens (tertiary/aromatic N) is 2. The average molecular weight is 450 g/mol. The fourth-order valence-electron chi connectivity index (χ4n) is 3.07. The van der Waals surface area contributed by atoms with Gasteiger partial charge in [-0.15, -0.1) is 6.58 Å². The molecular formula is C23H19N3O3S2. The largest absolute Gasteiger partial charge is 0.298 e. The SMILES string of the molecule is C=CCN(c1ccccc1)S(=O)(=O)c1cccc(C(=O)Nc2nc3ccccc3s2)c1. The first kappa shape index (κ1) is 20.8. The molecule has 1 heterocycles. The maximum atomic E-state index is 13.3. The first-order valence-corrected chi connectivity index (χ1v) is 11.7. The van der Waals surface area contributed by atoms with Gasteiger partial charge in [0.15, 0.2) is 5.13 Å². The Labute approximate surface area is 184 Å². The van der Waals surface area contributed by atoms with E-state index in [1.807, 2.05) is 30.3 Å². The zero-order valence-corrected chi connectivity index (χ0v) is 18.1. The van der Waals surface area contributed by atoms with Gasteiger partial charge in [0.05, 0.1) is 27.3 Å². The van der Waals surface area contributed by atoms with E-state index in [-0.39, 0.29) is 17.0 Å². The third kappa shape index (κ3) is 4.35. The number of aromatic nitrogens is 1. The molecule has 1 amide bonds. The molecule has 0 saturated carbocycles. The van der Waals surface area contributed by atoms with Gasteiger partial charge in [-0.25, -0.2) is 13.4 Å². The fraction of sp³-hybridized carbons (Fsp3) is 0.0435. The highest BCUT2D eigenvalue weighted by Crippen LogP contribution is 2.27. The van der Waals surface area contributed by atoms with Crippen molar-refractivity contribution in [2.24, 2.45) is 0 Å². The summed E-state index contributed by atoms with van der Waals surface area (Å²) in [4.78, 5) is 17.2. The molecule has 0 aliphatic heterocycles. The van der Waals surface area contributed by atoms with Crippen LogP contribution in [0, 0.1) is 0 Å². The van der Waals surface area contributed by atoms with Crippen molar-refractivity contribution < 1.29 is 13.2 Å². The zero-order chi connectivity index (χ0) is 21.8. The molecule has 0 atom stereocenters. The van der Waals surface area contributed by atoms with Crippen molar-refractivity contribution >= 4 is 48.3 Å². The molecule has 0 unspecified atom stereocenters. The van der Waals surface area contributed by atoms with E-state index in [4.69, 9.17) is 0 Å². The molecule has 8 heteroatoms. The summed E-state index contributed by atoms with van der Waals surface area (Å²) in [5.74, 6) is -0.425. The van der Waals surface area contributed by atoms with Crippen LogP contribution in [0.2, 0.25) is 0 Å². The minimum atomic E-state index is -3.90. The predicted molar refractivity (Wildman–Crippen MR) is 125 cm³/mol. The van der Waals surface area contributed by atoms with Crippen LogP contribution in [0.15, 0.2) is 96.4 Å². The number of benzene rings is 3. The average Bonchev–Trinajstić information content (AvgIpc) is 3.20. The molecule has 1 N–H and O–H groups in total. The molecule has 4 rings (SSSR count). The van der Waals surface area contributed by atoms with Gasteiger partial charge in [0.25, 0.3) is 15.9 Å². The highest BCUT2D eigenvalue weighted by Gasteiger charge is 2.25. The number of sulfonamides is 1. The number of carbonyl (C=O) groups excluding carboxylic acids is 1. The molecule has 4 aromatic rings. The minimum Gasteiger partial charge on any atom is -0.298 e. The number of fused-ring (bicyclic) bond motifs is 1. The number of hydrogen-bond donors (Lipinski definition) is 1. The van der Waals surface area contributed by atoms with Crippen LogP contribution in [0.25, 0.3) is 10.2 Å². The zero-order valence-electron chi connectivity index (χ0n) is 16.4. The van der Waals surface area contributed by atoms with Crippen LogP contribution in [0.3, 0.4) is 0 Å². The van der Waals surface area contributed by atoms with Crippen LogP contribution >= 0.6 is 11.3 Å². The van der Waals surface area contributed by atoms with Crippen molar-refractivity contribution in [1.29, 1.82) is 0 Å². The van der Waals surface area contributed by atoms with E-state index in [9.17, 15) is 13.2 Å². The molecule has 0 spiro atoms. The number of thiazole rings is 1. The van der Waals surface area contributed by atoms with E-state index in [1.165, 1.54) is 33.9 Å². The molecule has 0 fully saturated rings. The van der Waals surface area contributed by atoms with Crippen LogP contribution in [0.1, 0.15) is 10.4 Å². The maximum Gasteiger partial charge on any atom is 0.264 e. The molecule has 156 valence electrons. The number of amides is 1. The number of anilines is 2. The summed E-state index contributed by atoms with van der Waals surface area (Å²) in [7, 11) is -3.90. The van der Waals surface area contributed by atoms with Gasteiger partial charge in [-0.3, -0.25) is 14.4 Å². The van der Waals surface area contributed by atoms with Gasteiger partial charge in [0.2, 0.25) is 0 Å². The Morgan fingerprint density at radius 1 is 1.03 bits per heavy atom. The lowest BCUT2D eigenvalue weighted by atomic mass is 10.2. The lowest BCUT2D eigenvalue weighted by Gasteiger charge is -2.23. The third-order valence-electron chi connectivity index (χ3n) is 4.54. The summed E-state index contributed by atoms with van der Waals surface area (Å²) in [6, 6.07) is 22.3. The second kappa shape index (κ2) is 8.71. The first-order chi connectivity index (χ1) is 15.0. The normalized spacial score (nSPS) is 11.2. The van der Waals surface area contributed by atoms with Crippen LogP contribution in [0.5, 0.6) is 0 Å². The Morgan fingerprint density at radius 3 is 2.52 bits per heavy atom. The fourth-order valence-corrected chi connectivity index (χ4v) is 5.42. The molecule has 0 saturated heterocycles. The Bertz CT molecular complexity index is 1320. The summed E-state index contributed by atoms with van der Waals surface area (Å²) in [6.07, 6.45) is 1.52. The van der Waals surface area contributed by atoms with Crippen molar-refractivity contribution in [1.82, 2.24) is 4.98 Å². The van der Waals surface area contributed by atoms with Gasteiger partial charge < -0.3 is 0 Å². The lowest BCUT2D eigenvalue weighted by Crippen LogP contribution is -2.31. The number of para-hydroxylation sites is 2. The molecule has 0 bridgehead atoms. The van der Waals surface area contributed by atoms with Gasteiger partial charge in [0, 0.05) is 5.56 Å². The quantitative estimate of drug-likeness (QED) is 0.406. The second-order valence-electron chi connectivity index (χ2n) is 6.63. The highest BCUT2D eigenvalue weighted by atomic mass is 32.2. The van der Waals surface area contributed by atoms with E-state index in [0.29, 0.717) is 10.8 Å². The summed E-state index contributed by atoms with van der Waals surface area (Å²) in [5.41, 5.74) is 1.54. The van der Waals surface area contributed by atoms with Gasteiger partial charge in [-0.05, 0) is 42.5 Å². The molecular weight excluding hydrogens is 430 g/mol. The monoisotopic (exact) mass is 449 g/mol. The molecule has 6 nitrogen and oxygen atoms in total. The topological polar surface area (TPSA) is 79.4 Å². The van der Waals surface area contributed by atoms with Gasteiger partial charge in [0.1, 0.15) is 0 Å². The first-order valence-electron chi connectivity index (χ1n) is 9.45. The van der Waals surface area contributed by atoms with E-state index in [1.54, 1.807) is 36.4 Å². The van der Waals surface area contributed by atoms with Crippen molar-refractivity contribution in [3.05, 3.63) is 97.1 Å².